The van der Waals surface area contributed by atoms with Crippen LogP contribution in [0.2, 0.25) is 0 Å². The van der Waals surface area contributed by atoms with Crippen molar-refractivity contribution in [1.82, 2.24) is 9.88 Å². The number of carbonyl (C=O) groups excluding carboxylic acids is 2. The third kappa shape index (κ3) is 5.78. The van der Waals surface area contributed by atoms with Crippen LogP contribution in [0.5, 0.6) is 0 Å². The van der Waals surface area contributed by atoms with Crippen LogP contribution < -0.4 is 4.90 Å². The molecule has 2 aromatic carbocycles. The fourth-order valence-corrected chi connectivity index (χ4v) is 4.73. The molecule has 2 heterocycles. The van der Waals surface area contributed by atoms with E-state index in [1.807, 2.05) is 59.2 Å². The van der Waals surface area contributed by atoms with Crippen LogP contribution in [0.1, 0.15) is 55.8 Å². The van der Waals surface area contributed by atoms with Gasteiger partial charge in [0.25, 0.3) is 5.91 Å². The molecule has 3 aromatic rings. The fraction of sp³-hybridized carbons (Fsp3) is 0.393. The second-order valence-corrected chi connectivity index (χ2v) is 8.90. The molecule has 4 rings (SSSR count). The Hall–Kier alpha value is -3.21. The zero-order valence-corrected chi connectivity index (χ0v) is 19.5. The van der Waals surface area contributed by atoms with Gasteiger partial charge in [-0.1, -0.05) is 50.1 Å². The molecule has 0 unspecified atom stereocenters. The van der Waals surface area contributed by atoms with Crippen LogP contribution in [0.15, 0.2) is 67.0 Å². The Labute approximate surface area is 196 Å². The molecule has 1 aliphatic heterocycles. The van der Waals surface area contributed by atoms with Crippen molar-refractivity contribution in [3.8, 4) is 0 Å². The van der Waals surface area contributed by atoms with E-state index in [4.69, 9.17) is 0 Å². The number of pyridine rings is 1. The monoisotopic (exact) mass is 443 g/mol. The molecule has 0 N–H and O–H groups in total. The molecular weight excluding hydrogens is 410 g/mol. The van der Waals surface area contributed by atoms with E-state index in [-0.39, 0.29) is 11.8 Å². The summed E-state index contributed by atoms with van der Waals surface area (Å²) in [7, 11) is 0. The van der Waals surface area contributed by atoms with Gasteiger partial charge in [0, 0.05) is 37.8 Å². The number of fused-ring (bicyclic) bond motifs is 1. The van der Waals surface area contributed by atoms with Gasteiger partial charge in [-0.25, -0.2) is 0 Å². The summed E-state index contributed by atoms with van der Waals surface area (Å²) in [6.07, 6.45) is 9.33. The van der Waals surface area contributed by atoms with Gasteiger partial charge >= 0.3 is 0 Å². The number of hydrogen-bond acceptors (Lipinski definition) is 3. The number of amides is 2. The van der Waals surface area contributed by atoms with Crippen LogP contribution in [0.3, 0.4) is 0 Å². The van der Waals surface area contributed by atoms with E-state index in [9.17, 15) is 9.59 Å². The zero-order chi connectivity index (χ0) is 23.0. The predicted octanol–water partition coefficient (Wildman–Crippen LogP) is 5.70. The molecule has 33 heavy (non-hydrogen) atoms. The van der Waals surface area contributed by atoms with E-state index in [1.54, 1.807) is 12.4 Å². The van der Waals surface area contributed by atoms with Gasteiger partial charge in [-0.2, -0.15) is 0 Å². The highest BCUT2D eigenvalue weighted by molar-refractivity contribution is 5.98. The quantitative estimate of drug-likeness (QED) is 0.420. The molecule has 0 atom stereocenters. The van der Waals surface area contributed by atoms with Crippen molar-refractivity contribution >= 4 is 28.3 Å². The van der Waals surface area contributed by atoms with Crippen molar-refractivity contribution in [1.29, 1.82) is 0 Å². The molecule has 0 radical (unpaired) electrons. The van der Waals surface area contributed by atoms with Crippen LogP contribution in [-0.4, -0.2) is 41.3 Å². The summed E-state index contributed by atoms with van der Waals surface area (Å²) in [6.45, 7) is 4.29. The minimum absolute atomic E-state index is 0.142. The van der Waals surface area contributed by atoms with Crippen LogP contribution in [0.25, 0.3) is 10.8 Å². The molecule has 0 bridgehead atoms. The lowest BCUT2D eigenvalue weighted by Crippen LogP contribution is -2.38. The van der Waals surface area contributed by atoms with Crippen LogP contribution in [-0.2, 0) is 4.79 Å². The number of rotatable bonds is 8. The molecule has 0 spiro atoms. The van der Waals surface area contributed by atoms with Gasteiger partial charge in [0.2, 0.25) is 5.91 Å². The number of unbranched alkanes of at least 4 members (excludes halogenated alkanes) is 1. The molecule has 5 nitrogen and oxygen atoms in total. The molecule has 1 fully saturated rings. The SMILES string of the molecule is CCC(=O)N(CCCCC1CCN(C(=O)c2ccc3ccccc3c2)CC1)c1cccnc1. The molecule has 5 heteroatoms. The summed E-state index contributed by atoms with van der Waals surface area (Å²) in [5, 5.41) is 2.27. The summed E-state index contributed by atoms with van der Waals surface area (Å²) in [5.74, 6) is 0.937. The number of piperidine rings is 1. The van der Waals surface area contributed by atoms with E-state index < -0.39 is 0 Å². The number of anilines is 1. The first-order valence-electron chi connectivity index (χ1n) is 12.1. The summed E-state index contributed by atoms with van der Waals surface area (Å²) >= 11 is 0. The Morgan fingerprint density at radius 1 is 1.00 bits per heavy atom. The maximum atomic E-state index is 13.0. The molecule has 0 aliphatic carbocycles. The first-order valence-corrected chi connectivity index (χ1v) is 12.1. The highest BCUT2D eigenvalue weighted by atomic mass is 16.2. The standard InChI is InChI=1S/C28H33N3O2/c1-2-27(32)31(26-11-7-16-29-21-26)17-6-5-8-22-14-18-30(19-15-22)28(33)25-13-12-23-9-3-4-10-24(23)20-25/h3-4,7,9-13,16,20-22H,2,5-6,8,14-15,17-19H2,1H3. The van der Waals surface area contributed by atoms with Crippen molar-refractivity contribution < 1.29 is 9.59 Å². The van der Waals surface area contributed by atoms with E-state index in [2.05, 4.69) is 17.1 Å². The molecule has 0 saturated carbocycles. The lowest BCUT2D eigenvalue weighted by atomic mass is 9.91. The van der Waals surface area contributed by atoms with E-state index in [0.29, 0.717) is 12.3 Å². The van der Waals surface area contributed by atoms with E-state index in [0.717, 1.165) is 73.8 Å². The summed E-state index contributed by atoms with van der Waals surface area (Å²) in [6, 6.07) is 18.0. The van der Waals surface area contributed by atoms with Crippen molar-refractivity contribution in [3.63, 3.8) is 0 Å². The number of likely N-dealkylation sites (tertiary alicyclic amines) is 1. The Morgan fingerprint density at radius 3 is 2.52 bits per heavy atom. The highest BCUT2D eigenvalue weighted by Gasteiger charge is 2.23. The van der Waals surface area contributed by atoms with E-state index in [1.165, 1.54) is 0 Å². The van der Waals surface area contributed by atoms with Gasteiger partial charge in [0.15, 0.2) is 0 Å². The third-order valence-electron chi connectivity index (χ3n) is 6.70. The smallest absolute Gasteiger partial charge is 0.253 e. The van der Waals surface area contributed by atoms with E-state index >= 15 is 0 Å². The fourth-order valence-electron chi connectivity index (χ4n) is 4.73. The lowest BCUT2D eigenvalue weighted by Gasteiger charge is -2.32. The lowest BCUT2D eigenvalue weighted by molar-refractivity contribution is -0.118. The maximum absolute atomic E-state index is 13.0. The number of carbonyl (C=O) groups is 2. The Morgan fingerprint density at radius 2 is 1.79 bits per heavy atom. The highest BCUT2D eigenvalue weighted by Crippen LogP contribution is 2.25. The van der Waals surface area contributed by atoms with Gasteiger partial charge in [0.1, 0.15) is 0 Å². The summed E-state index contributed by atoms with van der Waals surface area (Å²) in [4.78, 5) is 33.4. The average molecular weight is 444 g/mol. The minimum Gasteiger partial charge on any atom is -0.339 e. The Bertz CT molecular complexity index is 1070. The largest absolute Gasteiger partial charge is 0.339 e. The molecule has 172 valence electrons. The third-order valence-corrected chi connectivity index (χ3v) is 6.70. The molecule has 1 aliphatic rings. The van der Waals surface area contributed by atoms with Crippen molar-refractivity contribution in [3.05, 3.63) is 72.6 Å². The minimum atomic E-state index is 0.142. The van der Waals surface area contributed by atoms with Crippen LogP contribution in [0, 0.1) is 5.92 Å². The average Bonchev–Trinajstić information content (AvgIpc) is 2.88. The molecular formula is C28H33N3O2. The number of benzene rings is 2. The summed E-state index contributed by atoms with van der Waals surface area (Å²) in [5.41, 5.74) is 1.66. The number of hydrogen-bond donors (Lipinski definition) is 0. The first kappa shape index (κ1) is 23.0. The Kier molecular flexibility index (Phi) is 7.71. The van der Waals surface area contributed by atoms with Gasteiger partial charge in [-0.15, -0.1) is 0 Å². The predicted molar refractivity (Wildman–Crippen MR) is 133 cm³/mol. The normalized spacial score (nSPS) is 14.4. The van der Waals surface area contributed by atoms with Gasteiger partial charge in [-0.3, -0.25) is 14.6 Å². The van der Waals surface area contributed by atoms with Crippen LogP contribution >= 0.6 is 0 Å². The second kappa shape index (κ2) is 11.1. The van der Waals surface area contributed by atoms with Crippen LogP contribution in [0.4, 0.5) is 5.69 Å². The van der Waals surface area contributed by atoms with Crippen molar-refractivity contribution in [2.45, 2.75) is 45.4 Å². The topological polar surface area (TPSA) is 53.5 Å². The zero-order valence-electron chi connectivity index (χ0n) is 19.5. The first-order chi connectivity index (χ1) is 16.2. The number of nitrogens with zero attached hydrogens (tertiary/aromatic N) is 3. The second-order valence-electron chi connectivity index (χ2n) is 8.90. The maximum Gasteiger partial charge on any atom is 0.253 e. The molecule has 1 aromatic heterocycles. The van der Waals surface area contributed by atoms with Gasteiger partial charge in [0.05, 0.1) is 11.9 Å². The summed E-state index contributed by atoms with van der Waals surface area (Å²) < 4.78 is 0. The van der Waals surface area contributed by atoms with Crippen molar-refractivity contribution in [2.24, 2.45) is 5.92 Å². The van der Waals surface area contributed by atoms with Crippen molar-refractivity contribution in [2.75, 3.05) is 24.5 Å². The number of aromatic nitrogens is 1. The molecule has 2 amide bonds. The van der Waals surface area contributed by atoms with Gasteiger partial charge in [-0.05, 0) is 60.2 Å². The molecule has 1 saturated heterocycles. The van der Waals surface area contributed by atoms with Gasteiger partial charge < -0.3 is 9.80 Å². The Balaban J connectivity index is 1.23.